The fourth-order valence-electron chi connectivity index (χ4n) is 2.46. The Balaban J connectivity index is 2.04. The summed E-state index contributed by atoms with van der Waals surface area (Å²) in [6.45, 7) is 1.82. The fourth-order valence-corrected chi connectivity index (χ4v) is 2.46. The molecule has 4 nitrogen and oxygen atoms in total. The summed E-state index contributed by atoms with van der Waals surface area (Å²) in [6.07, 6.45) is 0. The first-order valence-corrected chi connectivity index (χ1v) is 7.10. The van der Waals surface area contributed by atoms with Gasteiger partial charge in [0.15, 0.2) is 0 Å². The van der Waals surface area contributed by atoms with Crippen molar-refractivity contribution in [2.75, 3.05) is 12.4 Å². The second-order valence-corrected chi connectivity index (χ2v) is 5.13. The molecule has 2 aromatic carbocycles. The Bertz CT molecular complexity index is 893. The van der Waals surface area contributed by atoms with Crippen molar-refractivity contribution in [3.63, 3.8) is 0 Å². The summed E-state index contributed by atoms with van der Waals surface area (Å²) in [5.41, 5.74) is 2.29. The fraction of sp³-hybridized carbons (Fsp3) is 0.111. The Morgan fingerprint density at radius 3 is 2.74 bits per heavy atom. The van der Waals surface area contributed by atoms with E-state index in [1.807, 2.05) is 6.92 Å². The van der Waals surface area contributed by atoms with Crippen molar-refractivity contribution in [2.24, 2.45) is 0 Å². The Morgan fingerprint density at radius 1 is 1.17 bits per heavy atom. The van der Waals surface area contributed by atoms with E-state index in [-0.39, 0.29) is 11.7 Å². The van der Waals surface area contributed by atoms with Crippen molar-refractivity contribution >= 4 is 22.5 Å². The lowest BCUT2D eigenvalue weighted by atomic mass is 10.1. The van der Waals surface area contributed by atoms with Crippen LogP contribution >= 0.6 is 0 Å². The van der Waals surface area contributed by atoms with E-state index in [1.165, 1.54) is 19.2 Å². The highest BCUT2D eigenvalue weighted by Crippen LogP contribution is 2.26. The van der Waals surface area contributed by atoms with E-state index in [9.17, 15) is 9.18 Å². The smallest absolute Gasteiger partial charge is 0.259 e. The average molecular weight is 310 g/mol. The number of para-hydroxylation sites is 1. The van der Waals surface area contributed by atoms with Crippen LogP contribution in [0.25, 0.3) is 10.9 Å². The molecule has 0 atom stereocenters. The third-order valence-electron chi connectivity index (χ3n) is 3.50. The highest BCUT2D eigenvalue weighted by Gasteiger charge is 2.14. The van der Waals surface area contributed by atoms with Crippen LogP contribution in [0.3, 0.4) is 0 Å². The number of aromatic nitrogens is 1. The van der Waals surface area contributed by atoms with Crippen LogP contribution in [0.5, 0.6) is 5.75 Å². The maximum absolute atomic E-state index is 13.5. The molecule has 5 heteroatoms. The van der Waals surface area contributed by atoms with Gasteiger partial charge < -0.3 is 10.1 Å². The number of fused-ring (bicyclic) bond motifs is 1. The predicted molar refractivity (Wildman–Crippen MR) is 87.4 cm³/mol. The molecule has 0 aliphatic heterocycles. The van der Waals surface area contributed by atoms with Crippen molar-refractivity contribution in [3.05, 3.63) is 65.6 Å². The van der Waals surface area contributed by atoms with Gasteiger partial charge in [0, 0.05) is 11.1 Å². The lowest BCUT2D eigenvalue weighted by Crippen LogP contribution is -2.13. The zero-order chi connectivity index (χ0) is 16.4. The Hall–Kier alpha value is -2.95. The summed E-state index contributed by atoms with van der Waals surface area (Å²) in [6, 6.07) is 12.9. The van der Waals surface area contributed by atoms with Gasteiger partial charge in [-0.3, -0.25) is 9.78 Å². The van der Waals surface area contributed by atoms with E-state index in [2.05, 4.69) is 10.3 Å². The van der Waals surface area contributed by atoms with Gasteiger partial charge in [0.1, 0.15) is 11.6 Å². The molecule has 23 heavy (non-hydrogen) atoms. The molecule has 1 heterocycles. The Morgan fingerprint density at radius 2 is 1.96 bits per heavy atom. The number of carbonyl (C=O) groups is 1. The van der Waals surface area contributed by atoms with Gasteiger partial charge in [-0.25, -0.2) is 4.39 Å². The van der Waals surface area contributed by atoms with Crippen molar-refractivity contribution in [3.8, 4) is 5.75 Å². The highest BCUT2D eigenvalue weighted by molar-refractivity contribution is 6.10. The minimum atomic E-state index is -0.379. The van der Waals surface area contributed by atoms with Crippen LogP contribution in [-0.4, -0.2) is 18.0 Å². The number of hydrogen-bond donors (Lipinski definition) is 1. The van der Waals surface area contributed by atoms with Crippen LogP contribution in [0.1, 0.15) is 16.1 Å². The summed E-state index contributed by atoms with van der Waals surface area (Å²) in [7, 11) is 1.51. The maximum Gasteiger partial charge on any atom is 0.259 e. The summed E-state index contributed by atoms with van der Waals surface area (Å²) in [4.78, 5) is 16.9. The van der Waals surface area contributed by atoms with Gasteiger partial charge in [-0.1, -0.05) is 12.1 Å². The first kappa shape index (κ1) is 15.0. The second-order valence-electron chi connectivity index (χ2n) is 5.13. The third-order valence-corrected chi connectivity index (χ3v) is 3.50. The minimum Gasteiger partial charge on any atom is -0.496 e. The molecule has 0 saturated heterocycles. The SMILES string of the molecule is COc1ccccc1C(=O)Nc1cc(C)nc2ccc(F)cc12. The van der Waals surface area contributed by atoms with E-state index >= 15 is 0 Å². The molecule has 0 saturated carbocycles. The quantitative estimate of drug-likeness (QED) is 0.797. The van der Waals surface area contributed by atoms with Gasteiger partial charge in [0.25, 0.3) is 5.91 Å². The molecule has 3 aromatic rings. The van der Waals surface area contributed by atoms with Crippen molar-refractivity contribution in [2.45, 2.75) is 6.92 Å². The number of ether oxygens (including phenoxy) is 1. The minimum absolute atomic E-state index is 0.321. The number of pyridine rings is 1. The van der Waals surface area contributed by atoms with E-state index in [1.54, 1.807) is 36.4 Å². The molecule has 0 aliphatic rings. The van der Waals surface area contributed by atoms with E-state index in [0.717, 1.165) is 5.69 Å². The molecule has 0 unspecified atom stereocenters. The normalized spacial score (nSPS) is 10.6. The van der Waals surface area contributed by atoms with Gasteiger partial charge in [0.2, 0.25) is 0 Å². The number of benzene rings is 2. The molecule has 1 aromatic heterocycles. The second kappa shape index (κ2) is 6.04. The molecule has 0 bridgehead atoms. The topological polar surface area (TPSA) is 51.2 Å². The number of anilines is 1. The number of carbonyl (C=O) groups excluding carboxylic acids is 1. The summed E-state index contributed by atoms with van der Waals surface area (Å²) in [5.74, 6) is -0.221. The van der Waals surface area contributed by atoms with Crippen LogP contribution in [0.15, 0.2) is 48.5 Å². The van der Waals surface area contributed by atoms with Crippen molar-refractivity contribution in [1.82, 2.24) is 4.98 Å². The largest absolute Gasteiger partial charge is 0.496 e. The maximum atomic E-state index is 13.5. The lowest BCUT2D eigenvalue weighted by molar-refractivity contribution is 0.102. The third kappa shape index (κ3) is 2.99. The summed E-state index contributed by atoms with van der Waals surface area (Å²) >= 11 is 0. The first-order chi connectivity index (χ1) is 11.1. The van der Waals surface area contributed by atoms with Gasteiger partial charge in [-0.15, -0.1) is 0 Å². The van der Waals surface area contributed by atoms with Crippen molar-refractivity contribution < 1.29 is 13.9 Å². The highest BCUT2D eigenvalue weighted by atomic mass is 19.1. The van der Waals surface area contributed by atoms with Crippen molar-refractivity contribution in [1.29, 1.82) is 0 Å². The number of aryl methyl sites for hydroxylation is 1. The molecular weight excluding hydrogens is 295 g/mol. The number of halogens is 1. The standard InChI is InChI=1S/C18H15FN2O2/c1-11-9-16(14-10-12(19)7-8-15(14)20-11)21-18(22)13-5-3-4-6-17(13)23-2/h3-10H,1-2H3,(H,20,21,22). The van der Waals surface area contributed by atoms with Crippen LogP contribution in [0, 0.1) is 12.7 Å². The number of hydrogen-bond acceptors (Lipinski definition) is 3. The monoisotopic (exact) mass is 310 g/mol. The molecule has 0 spiro atoms. The molecule has 116 valence electrons. The number of nitrogens with zero attached hydrogens (tertiary/aromatic N) is 1. The average Bonchev–Trinajstić information content (AvgIpc) is 2.55. The number of rotatable bonds is 3. The molecular formula is C18H15FN2O2. The van der Waals surface area contributed by atoms with E-state index in [4.69, 9.17) is 4.74 Å². The van der Waals surface area contributed by atoms with Crippen LogP contribution < -0.4 is 10.1 Å². The predicted octanol–water partition coefficient (Wildman–Crippen LogP) is 3.94. The Labute approximate surface area is 132 Å². The zero-order valence-electron chi connectivity index (χ0n) is 12.8. The summed E-state index contributed by atoms with van der Waals surface area (Å²) < 4.78 is 18.7. The molecule has 1 amide bonds. The molecule has 0 fully saturated rings. The Kier molecular flexibility index (Phi) is 3.93. The number of nitrogens with one attached hydrogen (secondary N) is 1. The lowest BCUT2D eigenvalue weighted by Gasteiger charge is -2.12. The molecule has 3 rings (SSSR count). The van der Waals surface area contributed by atoms with E-state index < -0.39 is 0 Å². The van der Waals surface area contributed by atoms with Crippen LogP contribution in [0.4, 0.5) is 10.1 Å². The molecule has 1 N–H and O–H groups in total. The van der Waals surface area contributed by atoms with E-state index in [0.29, 0.717) is 27.9 Å². The number of methoxy groups -OCH3 is 1. The summed E-state index contributed by atoms with van der Waals surface area (Å²) in [5, 5.41) is 3.37. The molecule has 0 aliphatic carbocycles. The van der Waals surface area contributed by atoms with Crippen LogP contribution in [0.2, 0.25) is 0 Å². The van der Waals surface area contributed by atoms with Gasteiger partial charge in [-0.05, 0) is 43.3 Å². The zero-order valence-corrected chi connectivity index (χ0v) is 12.8. The first-order valence-electron chi connectivity index (χ1n) is 7.10. The van der Waals surface area contributed by atoms with Gasteiger partial charge in [-0.2, -0.15) is 0 Å². The van der Waals surface area contributed by atoms with Gasteiger partial charge >= 0.3 is 0 Å². The van der Waals surface area contributed by atoms with Crippen LogP contribution in [-0.2, 0) is 0 Å². The number of amides is 1. The van der Waals surface area contributed by atoms with Gasteiger partial charge in [0.05, 0.1) is 23.9 Å². The molecule has 0 radical (unpaired) electrons.